The average molecular weight is 596 g/mol. The maximum atomic E-state index is 13.5. The van der Waals surface area contributed by atoms with E-state index in [1.54, 1.807) is 24.3 Å². The maximum Gasteiger partial charge on any atom is 0.352 e. The topological polar surface area (TPSA) is 166 Å². The first-order chi connectivity index (χ1) is 19.3. The van der Waals surface area contributed by atoms with Crippen LogP contribution < -0.4 is 10.6 Å². The van der Waals surface area contributed by atoms with Gasteiger partial charge in [-0.2, -0.15) is 0 Å². The lowest BCUT2D eigenvalue weighted by molar-refractivity contribution is -0.148. The summed E-state index contributed by atoms with van der Waals surface area (Å²) in [5.41, 5.74) is 11.0. The number of aromatic nitrogens is 1. The number of nitrogens with zero attached hydrogens (tertiary/aromatic N) is 4. The number of hydrogen-bond donors (Lipinski definition) is 3. The molecule has 0 saturated carbocycles. The van der Waals surface area contributed by atoms with Crippen molar-refractivity contribution in [3.05, 3.63) is 75.2 Å². The number of benzene rings is 2. The number of thioether (sulfide) groups is 1. The van der Waals surface area contributed by atoms with Crippen LogP contribution in [0.5, 0.6) is 0 Å². The molecule has 0 spiro atoms. The highest BCUT2D eigenvalue weighted by atomic mass is 35.5. The van der Waals surface area contributed by atoms with Gasteiger partial charge >= 0.3 is 5.97 Å². The van der Waals surface area contributed by atoms with Crippen LogP contribution in [0.1, 0.15) is 27.0 Å². The molecule has 202 valence electrons. The quantitative estimate of drug-likeness (QED) is 0.0785. The number of β-lactam (4-membered cyclic amide) rings is 1. The van der Waals surface area contributed by atoms with Crippen molar-refractivity contribution in [2.75, 3.05) is 10.7 Å². The summed E-state index contributed by atoms with van der Waals surface area (Å²) in [5, 5.41) is 22.8. The van der Waals surface area contributed by atoms with Gasteiger partial charge in [-0.05, 0) is 40.5 Å². The Kier molecular flexibility index (Phi) is 6.36. The highest BCUT2D eigenvalue weighted by Gasteiger charge is 2.58. The second kappa shape index (κ2) is 9.77. The summed E-state index contributed by atoms with van der Waals surface area (Å²) in [7, 11) is 0. The molecule has 2 aliphatic heterocycles. The summed E-state index contributed by atoms with van der Waals surface area (Å²) < 4.78 is 0. The number of hydrogen-bond acceptors (Lipinski definition) is 9. The Morgan fingerprint density at radius 1 is 1.15 bits per heavy atom. The molecule has 3 aliphatic rings. The molecule has 0 unspecified atom stereocenters. The van der Waals surface area contributed by atoms with Crippen molar-refractivity contribution >= 4 is 75.5 Å². The van der Waals surface area contributed by atoms with Gasteiger partial charge in [0.2, 0.25) is 5.84 Å². The number of amides is 2. The molecule has 2 atom stereocenters. The van der Waals surface area contributed by atoms with Gasteiger partial charge in [0.25, 0.3) is 11.8 Å². The van der Waals surface area contributed by atoms with Gasteiger partial charge in [0, 0.05) is 33.7 Å². The molecule has 1 aliphatic carbocycles. The number of nitrogens with two attached hydrogens (primary N) is 1. The highest BCUT2D eigenvalue weighted by molar-refractivity contribution is 8.00. The second-order valence-electron chi connectivity index (χ2n) is 9.10. The highest BCUT2D eigenvalue weighted by Crippen LogP contribution is 2.47. The number of carbonyl (C=O) groups is 4. The number of carboxylic acid groups (broad SMARTS) is 1. The van der Waals surface area contributed by atoms with E-state index >= 15 is 0 Å². The van der Waals surface area contributed by atoms with Crippen LogP contribution in [-0.4, -0.2) is 66.8 Å². The number of carboxylic acids is 1. The first-order valence-electron chi connectivity index (χ1n) is 11.8. The number of ketones is 1. The van der Waals surface area contributed by atoms with Crippen molar-refractivity contribution in [2.24, 2.45) is 10.9 Å². The molecule has 0 radical (unpaired) electrons. The van der Waals surface area contributed by atoms with Crippen LogP contribution in [0.15, 0.2) is 58.1 Å². The first kappa shape index (κ1) is 26.0. The van der Waals surface area contributed by atoms with Gasteiger partial charge in [-0.3, -0.25) is 24.2 Å². The van der Waals surface area contributed by atoms with E-state index in [9.17, 15) is 24.3 Å². The van der Waals surface area contributed by atoms with Gasteiger partial charge in [0.05, 0.1) is 5.51 Å². The van der Waals surface area contributed by atoms with E-state index in [2.05, 4.69) is 10.1 Å². The van der Waals surface area contributed by atoms with Crippen LogP contribution in [0.2, 0.25) is 0 Å². The lowest BCUT2D eigenvalue weighted by atomic mass is 9.95. The summed E-state index contributed by atoms with van der Waals surface area (Å²) >= 11 is 8.41. The van der Waals surface area contributed by atoms with Crippen molar-refractivity contribution in [3.8, 4) is 11.1 Å². The minimum Gasteiger partial charge on any atom is -0.477 e. The zero-order valence-corrected chi connectivity index (χ0v) is 22.7. The zero-order chi connectivity index (χ0) is 28.3. The fourth-order valence-corrected chi connectivity index (χ4v) is 7.30. The van der Waals surface area contributed by atoms with E-state index in [0.29, 0.717) is 27.8 Å². The smallest absolute Gasteiger partial charge is 0.352 e. The summed E-state index contributed by atoms with van der Waals surface area (Å²) in [6.45, 7) is 0. The predicted molar refractivity (Wildman–Crippen MR) is 149 cm³/mol. The van der Waals surface area contributed by atoms with Gasteiger partial charge in [-0.25, -0.2) is 9.78 Å². The molecule has 3 heterocycles. The minimum atomic E-state index is -1.31. The molecule has 2 aromatic carbocycles. The fraction of sp³-hybridized carbons (Fsp3) is 0.154. The van der Waals surface area contributed by atoms with Crippen LogP contribution >= 0.6 is 34.7 Å². The number of amidine groups is 1. The number of anilines is 1. The number of oxime groups is 1. The molecule has 1 fully saturated rings. The average Bonchev–Trinajstić information content (AvgIpc) is 3.60. The van der Waals surface area contributed by atoms with Crippen LogP contribution in [0.4, 0.5) is 5.82 Å². The van der Waals surface area contributed by atoms with Crippen molar-refractivity contribution < 1.29 is 29.5 Å². The SMILES string of the molecule is N/C(=N\O)C(=O)N(c1cscn1)[C@@H]1C(=O)N2C(C(=O)O)=C(c3ccc4c(c3)-c3ccc(CCl)cc3C4=O)CS[C@@H]12. The molecule has 2 amide bonds. The van der Waals surface area contributed by atoms with E-state index in [4.69, 9.17) is 22.5 Å². The number of thiazole rings is 1. The number of carbonyl (C=O) groups excluding carboxylic acids is 3. The van der Waals surface area contributed by atoms with E-state index in [-0.39, 0.29) is 28.9 Å². The molecular weight excluding hydrogens is 578 g/mol. The number of rotatable bonds is 5. The van der Waals surface area contributed by atoms with Gasteiger partial charge in [0.1, 0.15) is 22.9 Å². The summed E-state index contributed by atoms with van der Waals surface area (Å²) in [4.78, 5) is 58.2. The lowest BCUT2D eigenvalue weighted by Gasteiger charge is -2.52. The molecule has 1 aromatic heterocycles. The summed E-state index contributed by atoms with van der Waals surface area (Å²) in [6.07, 6.45) is 0. The Hall–Kier alpha value is -4.20. The molecule has 0 bridgehead atoms. The van der Waals surface area contributed by atoms with Crippen LogP contribution in [-0.2, 0) is 20.3 Å². The largest absolute Gasteiger partial charge is 0.477 e. The van der Waals surface area contributed by atoms with E-state index in [1.165, 1.54) is 34.0 Å². The third-order valence-electron chi connectivity index (χ3n) is 7.02. The molecule has 4 N–H and O–H groups in total. The monoisotopic (exact) mass is 595 g/mol. The Morgan fingerprint density at radius 2 is 1.93 bits per heavy atom. The Balaban J connectivity index is 1.39. The normalized spacial score (nSPS) is 19.6. The minimum absolute atomic E-state index is 0.131. The molecule has 11 nitrogen and oxygen atoms in total. The van der Waals surface area contributed by atoms with Gasteiger partial charge in [-0.1, -0.05) is 23.4 Å². The number of alkyl halides is 1. The number of aliphatic carboxylic acids is 1. The molecule has 6 rings (SSSR count). The summed E-state index contributed by atoms with van der Waals surface area (Å²) in [6, 6.07) is 9.42. The maximum absolute atomic E-state index is 13.5. The van der Waals surface area contributed by atoms with E-state index in [0.717, 1.165) is 20.9 Å². The third kappa shape index (κ3) is 3.80. The Bertz CT molecular complexity index is 1690. The lowest BCUT2D eigenvalue weighted by Crippen LogP contribution is -2.72. The van der Waals surface area contributed by atoms with Crippen molar-refractivity contribution in [1.82, 2.24) is 9.88 Å². The molecule has 14 heteroatoms. The molecule has 40 heavy (non-hydrogen) atoms. The first-order valence-corrected chi connectivity index (χ1v) is 14.3. The summed E-state index contributed by atoms with van der Waals surface area (Å²) in [5.74, 6) is -3.14. The van der Waals surface area contributed by atoms with E-state index in [1.807, 2.05) is 12.1 Å². The second-order valence-corrected chi connectivity index (χ2v) is 11.2. The molecule has 3 aromatic rings. The predicted octanol–water partition coefficient (Wildman–Crippen LogP) is 2.95. The molecule has 1 saturated heterocycles. The van der Waals surface area contributed by atoms with Gasteiger partial charge in [0.15, 0.2) is 5.78 Å². The van der Waals surface area contributed by atoms with Crippen LogP contribution in [0.25, 0.3) is 16.7 Å². The fourth-order valence-electron chi connectivity index (χ4n) is 5.18. The zero-order valence-electron chi connectivity index (χ0n) is 20.3. The van der Waals surface area contributed by atoms with Crippen LogP contribution in [0, 0.1) is 0 Å². The van der Waals surface area contributed by atoms with Gasteiger partial charge < -0.3 is 16.0 Å². The Morgan fingerprint density at radius 3 is 2.60 bits per heavy atom. The number of fused-ring (bicyclic) bond motifs is 4. The number of halogens is 1. The molecular formula is C26H18ClN5O6S2. The third-order valence-corrected chi connectivity index (χ3v) is 9.17. The Labute approximate surface area is 239 Å². The van der Waals surface area contributed by atoms with E-state index < -0.39 is 35.0 Å². The van der Waals surface area contributed by atoms with Gasteiger partial charge in [-0.15, -0.1) is 34.7 Å². The van der Waals surface area contributed by atoms with Crippen LogP contribution in [0.3, 0.4) is 0 Å². The standard InChI is InChI=1S/C26H18ClN5O6S2/c27-7-11-1-3-13-15-6-12(2-4-14(15)21(33)16(13)5-11)17-8-40-25-20(23(34)32(25)19(17)26(36)37)31(18-9-39-10-29-18)24(35)22(28)30-38/h1-6,9-10,20,25,38H,7-8H2,(H2,28,30)(H,36,37)/t20-,25+/m1/s1. The van der Waals surface area contributed by atoms with Crippen molar-refractivity contribution in [2.45, 2.75) is 17.3 Å². The van der Waals surface area contributed by atoms with Crippen molar-refractivity contribution in [3.63, 3.8) is 0 Å². The van der Waals surface area contributed by atoms with Crippen molar-refractivity contribution in [1.29, 1.82) is 0 Å².